The molecule has 1 amide bonds. The van der Waals surface area contributed by atoms with E-state index in [2.05, 4.69) is 40.3 Å². The highest BCUT2D eigenvalue weighted by atomic mass is 79.9. The first-order valence-corrected chi connectivity index (χ1v) is 12.3. The van der Waals surface area contributed by atoms with Crippen LogP contribution >= 0.6 is 15.9 Å². The molecular formula is C22H27BrN2O3S. The van der Waals surface area contributed by atoms with Crippen LogP contribution in [0.25, 0.3) is 0 Å². The number of carbonyl (C=O) groups excluding carboxylic acids is 1. The number of hydrogen-bond donors (Lipinski definition) is 1. The Bertz CT molecular complexity index is 926. The normalized spacial score (nSPS) is 17.0. The van der Waals surface area contributed by atoms with E-state index in [0.29, 0.717) is 32.5 Å². The maximum Gasteiger partial charge on any atom is 0.223 e. The fourth-order valence-electron chi connectivity index (χ4n) is 3.62. The average Bonchev–Trinajstić information content (AvgIpc) is 2.72. The summed E-state index contributed by atoms with van der Waals surface area (Å²) in [6, 6.07) is 17.4. The van der Waals surface area contributed by atoms with E-state index < -0.39 is 10.0 Å². The molecule has 1 N–H and O–H groups in total. The van der Waals surface area contributed by atoms with Crippen LogP contribution in [0.3, 0.4) is 0 Å². The number of benzene rings is 2. The summed E-state index contributed by atoms with van der Waals surface area (Å²) >= 11 is 3.38. The van der Waals surface area contributed by atoms with Crippen molar-refractivity contribution in [1.82, 2.24) is 9.62 Å². The summed E-state index contributed by atoms with van der Waals surface area (Å²) in [5, 5.41) is 3.04. The zero-order chi connectivity index (χ0) is 20.9. The van der Waals surface area contributed by atoms with Crippen molar-refractivity contribution in [3.05, 3.63) is 70.2 Å². The maximum atomic E-state index is 12.7. The van der Waals surface area contributed by atoms with Crippen molar-refractivity contribution in [2.24, 2.45) is 5.92 Å². The molecule has 1 aliphatic heterocycles. The van der Waals surface area contributed by atoms with Crippen molar-refractivity contribution in [1.29, 1.82) is 0 Å². The van der Waals surface area contributed by atoms with Crippen molar-refractivity contribution in [2.45, 2.75) is 31.4 Å². The zero-order valence-electron chi connectivity index (χ0n) is 16.6. The van der Waals surface area contributed by atoms with E-state index in [-0.39, 0.29) is 23.5 Å². The van der Waals surface area contributed by atoms with Crippen molar-refractivity contribution >= 4 is 31.9 Å². The first-order chi connectivity index (χ1) is 13.8. The third-order valence-corrected chi connectivity index (χ3v) is 7.75. The lowest BCUT2D eigenvalue weighted by atomic mass is 9.96. The second-order valence-electron chi connectivity index (χ2n) is 7.62. The molecule has 5 nitrogen and oxygen atoms in total. The number of sulfonamides is 1. The smallest absolute Gasteiger partial charge is 0.223 e. The molecule has 29 heavy (non-hydrogen) atoms. The van der Waals surface area contributed by atoms with Crippen LogP contribution in [-0.2, 0) is 20.6 Å². The molecule has 0 spiro atoms. The topological polar surface area (TPSA) is 66.5 Å². The largest absolute Gasteiger partial charge is 0.355 e. The molecule has 1 fully saturated rings. The van der Waals surface area contributed by atoms with Crippen LogP contribution in [-0.4, -0.2) is 38.3 Å². The van der Waals surface area contributed by atoms with Crippen LogP contribution in [0.2, 0.25) is 0 Å². The first-order valence-electron chi connectivity index (χ1n) is 9.90. The van der Waals surface area contributed by atoms with E-state index in [9.17, 15) is 13.2 Å². The minimum atomic E-state index is -3.38. The Morgan fingerprint density at radius 1 is 1.14 bits per heavy atom. The predicted octanol–water partition coefficient (Wildman–Crippen LogP) is 3.91. The highest BCUT2D eigenvalue weighted by Gasteiger charge is 2.31. The van der Waals surface area contributed by atoms with Gasteiger partial charge < -0.3 is 5.32 Å². The van der Waals surface area contributed by atoms with E-state index in [1.165, 1.54) is 9.87 Å². The van der Waals surface area contributed by atoms with Gasteiger partial charge in [0.05, 0.1) is 5.75 Å². The number of amides is 1. The lowest BCUT2D eigenvalue weighted by Gasteiger charge is -2.30. The van der Waals surface area contributed by atoms with E-state index in [4.69, 9.17) is 0 Å². The number of carbonyl (C=O) groups is 1. The number of piperidine rings is 1. The Hall–Kier alpha value is -1.70. The molecule has 3 rings (SSSR count). The fraction of sp³-hybridized carbons (Fsp3) is 0.409. The van der Waals surface area contributed by atoms with Crippen molar-refractivity contribution in [3.8, 4) is 0 Å². The van der Waals surface area contributed by atoms with E-state index >= 15 is 0 Å². The van der Waals surface area contributed by atoms with Gasteiger partial charge in [-0.15, -0.1) is 0 Å². The van der Waals surface area contributed by atoms with Crippen LogP contribution in [0.1, 0.15) is 36.8 Å². The van der Waals surface area contributed by atoms with Gasteiger partial charge in [-0.1, -0.05) is 65.3 Å². The highest BCUT2D eigenvalue weighted by Crippen LogP contribution is 2.23. The van der Waals surface area contributed by atoms with Gasteiger partial charge in [-0.2, -0.15) is 0 Å². The minimum absolute atomic E-state index is 0.0160. The van der Waals surface area contributed by atoms with Gasteiger partial charge in [0.2, 0.25) is 15.9 Å². The Balaban J connectivity index is 1.48. The zero-order valence-corrected chi connectivity index (χ0v) is 19.0. The third kappa shape index (κ3) is 6.14. The fourth-order valence-corrected chi connectivity index (χ4v) is 5.62. The van der Waals surface area contributed by atoms with Crippen LogP contribution in [0.15, 0.2) is 59.1 Å². The molecule has 1 aliphatic rings. The molecule has 0 bridgehead atoms. The minimum Gasteiger partial charge on any atom is -0.355 e. The molecule has 0 radical (unpaired) electrons. The summed E-state index contributed by atoms with van der Waals surface area (Å²) in [6.07, 6.45) is 1.12. The third-order valence-electron chi connectivity index (χ3n) is 5.41. The Kier molecular flexibility index (Phi) is 7.49. The van der Waals surface area contributed by atoms with E-state index in [1.807, 2.05) is 42.5 Å². The molecule has 0 unspecified atom stereocenters. The number of nitrogens with one attached hydrogen (secondary N) is 1. The summed E-state index contributed by atoms with van der Waals surface area (Å²) in [4.78, 5) is 12.5. The second kappa shape index (κ2) is 9.87. The predicted molar refractivity (Wildman–Crippen MR) is 119 cm³/mol. The van der Waals surface area contributed by atoms with Gasteiger partial charge in [0.1, 0.15) is 0 Å². The SMILES string of the molecule is C[C@H](CNC(=O)C1CCN(S(=O)(=O)Cc2cccc(Br)c2)CC1)c1ccccc1. The Morgan fingerprint density at radius 2 is 1.83 bits per heavy atom. The summed E-state index contributed by atoms with van der Waals surface area (Å²) in [5.74, 6) is 0.121. The summed E-state index contributed by atoms with van der Waals surface area (Å²) in [7, 11) is -3.38. The van der Waals surface area contributed by atoms with E-state index in [1.54, 1.807) is 0 Å². The summed E-state index contributed by atoms with van der Waals surface area (Å²) in [5.41, 5.74) is 1.95. The number of halogens is 1. The molecule has 1 heterocycles. The lowest BCUT2D eigenvalue weighted by molar-refractivity contribution is -0.126. The van der Waals surface area contributed by atoms with Crippen LogP contribution in [0.4, 0.5) is 0 Å². The quantitative estimate of drug-likeness (QED) is 0.655. The molecule has 0 aliphatic carbocycles. The molecule has 0 saturated carbocycles. The van der Waals surface area contributed by atoms with Gasteiger partial charge in [-0.3, -0.25) is 4.79 Å². The molecular weight excluding hydrogens is 452 g/mol. The molecule has 1 saturated heterocycles. The van der Waals surface area contributed by atoms with Gasteiger partial charge in [-0.05, 0) is 42.0 Å². The second-order valence-corrected chi connectivity index (χ2v) is 10.5. The van der Waals surface area contributed by atoms with Crippen molar-refractivity contribution in [2.75, 3.05) is 19.6 Å². The van der Waals surface area contributed by atoms with Gasteiger partial charge in [-0.25, -0.2) is 12.7 Å². The van der Waals surface area contributed by atoms with Crippen LogP contribution in [0.5, 0.6) is 0 Å². The summed E-state index contributed by atoms with van der Waals surface area (Å²) in [6.45, 7) is 3.46. The summed E-state index contributed by atoms with van der Waals surface area (Å²) < 4.78 is 27.8. The number of hydrogen-bond acceptors (Lipinski definition) is 3. The Labute approximate surface area is 181 Å². The average molecular weight is 479 g/mol. The number of rotatable bonds is 7. The van der Waals surface area contributed by atoms with Gasteiger partial charge in [0, 0.05) is 30.0 Å². The maximum absolute atomic E-state index is 12.7. The Morgan fingerprint density at radius 3 is 2.48 bits per heavy atom. The van der Waals surface area contributed by atoms with Gasteiger partial charge in [0.15, 0.2) is 0 Å². The van der Waals surface area contributed by atoms with Crippen molar-refractivity contribution in [3.63, 3.8) is 0 Å². The van der Waals surface area contributed by atoms with Crippen LogP contribution < -0.4 is 5.32 Å². The van der Waals surface area contributed by atoms with Gasteiger partial charge >= 0.3 is 0 Å². The lowest BCUT2D eigenvalue weighted by Crippen LogP contribution is -2.43. The van der Waals surface area contributed by atoms with Crippen molar-refractivity contribution < 1.29 is 13.2 Å². The van der Waals surface area contributed by atoms with Crippen LogP contribution in [0, 0.1) is 5.92 Å². The van der Waals surface area contributed by atoms with Gasteiger partial charge in [0.25, 0.3) is 0 Å². The first kappa shape index (κ1) is 22.0. The number of nitrogens with zero attached hydrogens (tertiary/aromatic N) is 1. The highest BCUT2D eigenvalue weighted by molar-refractivity contribution is 9.10. The molecule has 7 heteroatoms. The standard InChI is InChI=1S/C22H27BrN2O3S/c1-17(19-7-3-2-4-8-19)15-24-22(26)20-10-12-25(13-11-20)29(27,28)16-18-6-5-9-21(23)14-18/h2-9,14,17,20H,10-13,15-16H2,1H3,(H,24,26)/t17-/m1/s1. The molecule has 1 atom stereocenters. The molecule has 2 aromatic carbocycles. The molecule has 156 valence electrons. The monoisotopic (exact) mass is 478 g/mol. The molecule has 0 aromatic heterocycles. The molecule has 2 aromatic rings. The van der Waals surface area contributed by atoms with E-state index in [0.717, 1.165) is 10.0 Å².